The van der Waals surface area contributed by atoms with Crippen LogP contribution in [0.4, 0.5) is 0 Å². The number of hydrogen-bond acceptors (Lipinski definition) is 2. The molecule has 1 saturated heterocycles. The van der Waals surface area contributed by atoms with Crippen LogP contribution in [0.15, 0.2) is 0 Å². The van der Waals surface area contributed by atoms with E-state index in [2.05, 4.69) is 17.6 Å². The van der Waals surface area contributed by atoms with E-state index in [0.29, 0.717) is 12.5 Å². The Morgan fingerprint density at radius 1 is 1.62 bits per heavy atom. The first-order valence-corrected chi connectivity index (χ1v) is 4.83. The fraction of sp³-hybridized carbons (Fsp3) is 0.889. The second-order valence-electron chi connectivity index (χ2n) is 3.35. The molecule has 13 heavy (non-hydrogen) atoms. The zero-order valence-electron chi connectivity index (χ0n) is 8.14. The van der Waals surface area contributed by atoms with Gasteiger partial charge in [0.25, 0.3) is 0 Å². The van der Waals surface area contributed by atoms with Crippen molar-refractivity contribution in [3.63, 3.8) is 0 Å². The van der Waals surface area contributed by atoms with Crippen molar-refractivity contribution < 1.29 is 4.79 Å². The summed E-state index contributed by atoms with van der Waals surface area (Å²) in [5.41, 5.74) is 0. The van der Waals surface area contributed by atoms with Gasteiger partial charge < -0.3 is 10.6 Å². The number of nitrogens with one attached hydrogen (secondary N) is 2. The third kappa shape index (κ3) is 5.11. The molecule has 0 saturated carbocycles. The van der Waals surface area contributed by atoms with Crippen molar-refractivity contribution in [2.24, 2.45) is 0 Å². The Morgan fingerprint density at radius 2 is 2.38 bits per heavy atom. The minimum absolute atomic E-state index is 0. The summed E-state index contributed by atoms with van der Waals surface area (Å²) in [7, 11) is 0. The van der Waals surface area contributed by atoms with Gasteiger partial charge in [-0.05, 0) is 25.8 Å². The summed E-state index contributed by atoms with van der Waals surface area (Å²) < 4.78 is 0. The molecule has 2 N–H and O–H groups in total. The predicted molar refractivity (Wildman–Crippen MR) is 56.2 cm³/mol. The van der Waals surface area contributed by atoms with Crippen LogP contribution in [-0.2, 0) is 4.79 Å². The summed E-state index contributed by atoms with van der Waals surface area (Å²) in [6, 6.07) is 0.410. The quantitative estimate of drug-likeness (QED) is 0.726. The number of amides is 1. The third-order valence-corrected chi connectivity index (χ3v) is 2.17. The maximum absolute atomic E-state index is 11.1. The summed E-state index contributed by atoms with van der Waals surface area (Å²) in [6.07, 6.45) is 4.02. The molecule has 1 rings (SSSR count). The molecule has 0 aliphatic carbocycles. The Bertz CT molecular complexity index is 153. The molecule has 0 aromatic carbocycles. The van der Waals surface area contributed by atoms with Crippen LogP contribution in [0.25, 0.3) is 0 Å². The lowest BCUT2D eigenvalue weighted by atomic mass is 10.1. The van der Waals surface area contributed by atoms with E-state index in [9.17, 15) is 4.79 Å². The number of carbonyl (C=O) groups is 1. The summed E-state index contributed by atoms with van der Waals surface area (Å²) in [5.74, 6) is 0.195. The van der Waals surface area contributed by atoms with Crippen molar-refractivity contribution in [1.82, 2.24) is 10.6 Å². The molecule has 0 bridgehead atoms. The average molecular weight is 207 g/mol. The molecule has 1 atom stereocenters. The summed E-state index contributed by atoms with van der Waals surface area (Å²) in [6.45, 7) is 4.02. The van der Waals surface area contributed by atoms with Crippen molar-refractivity contribution in [1.29, 1.82) is 0 Å². The molecule has 3 nitrogen and oxygen atoms in total. The molecule has 1 fully saturated rings. The lowest BCUT2D eigenvalue weighted by molar-refractivity contribution is -0.121. The Morgan fingerprint density at radius 3 is 3.08 bits per heavy atom. The van der Waals surface area contributed by atoms with Gasteiger partial charge in [0.1, 0.15) is 0 Å². The number of hydrogen-bond donors (Lipinski definition) is 2. The van der Waals surface area contributed by atoms with Crippen molar-refractivity contribution in [3.05, 3.63) is 0 Å². The molecule has 4 heteroatoms. The van der Waals surface area contributed by atoms with Crippen molar-refractivity contribution in [3.8, 4) is 0 Å². The van der Waals surface area contributed by atoms with Crippen LogP contribution >= 0.6 is 12.4 Å². The van der Waals surface area contributed by atoms with E-state index in [-0.39, 0.29) is 18.3 Å². The highest BCUT2D eigenvalue weighted by atomic mass is 35.5. The second-order valence-corrected chi connectivity index (χ2v) is 3.35. The molecule has 1 aliphatic rings. The van der Waals surface area contributed by atoms with Crippen LogP contribution in [0, 0.1) is 0 Å². The average Bonchev–Trinajstić information content (AvgIpc) is 2.26. The van der Waals surface area contributed by atoms with Gasteiger partial charge in [0.15, 0.2) is 0 Å². The normalized spacial score (nSPS) is 22.8. The molecular formula is C9H19ClN2O. The van der Waals surface area contributed by atoms with E-state index in [1.807, 2.05) is 0 Å². The Hall–Kier alpha value is -0.280. The molecule has 78 valence electrons. The molecule has 1 unspecified atom stereocenters. The van der Waals surface area contributed by atoms with Gasteiger partial charge in [-0.3, -0.25) is 4.79 Å². The first kappa shape index (κ1) is 12.7. The van der Waals surface area contributed by atoms with E-state index in [4.69, 9.17) is 0 Å². The van der Waals surface area contributed by atoms with Crippen molar-refractivity contribution in [2.45, 2.75) is 38.6 Å². The van der Waals surface area contributed by atoms with E-state index < -0.39 is 0 Å². The predicted octanol–water partition coefficient (Wildman–Crippen LogP) is 1.08. The molecule has 1 amide bonds. The first-order chi connectivity index (χ1) is 5.83. The number of halogens is 1. The highest BCUT2D eigenvalue weighted by molar-refractivity contribution is 5.85. The van der Waals surface area contributed by atoms with Crippen LogP contribution in [0.2, 0.25) is 0 Å². The first-order valence-electron chi connectivity index (χ1n) is 4.83. The van der Waals surface area contributed by atoms with Crippen LogP contribution in [0.3, 0.4) is 0 Å². The maximum Gasteiger partial charge on any atom is 0.221 e. The Kier molecular flexibility index (Phi) is 7.00. The molecule has 1 heterocycles. The van der Waals surface area contributed by atoms with Crippen molar-refractivity contribution in [2.75, 3.05) is 13.1 Å². The number of rotatable bonds is 3. The second kappa shape index (κ2) is 7.15. The van der Waals surface area contributed by atoms with E-state index in [1.165, 1.54) is 0 Å². The minimum Gasteiger partial charge on any atom is -0.356 e. The number of carbonyl (C=O) groups excluding carboxylic acids is 1. The van der Waals surface area contributed by atoms with E-state index >= 15 is 0 Å². The van der Waals surface area contributed by atoms with E-state index in [1.54, 1.807) is 0 Å². The minimum atomic E-state index is 0. The zero-order valence-corrected chi connectivity index (χ0v) is 8.95. The van der Waals surface area contributed by atoms with Crippen LogP contribution < -0.4 is 10.6 Å². The van der Waals surface area contributed by atoms with Crippen LogP contribution in [0.1, 0.15) is 32.6 Å². The third-order valence-electron chi connectivity index (χ3n) is 2.17. The lowest BCUT2D eigenvalue weighted by Gasteiger charge is -2.13. The Balaban J connectivity index is 0.00000144. The summed E-state index contributed by atoms with van der Waals surface area (Å²) >= 11 is 0. The topological polar surface area (TPSA) is 41.1 Å². The SMILES string of the molecule is CCCNC1CCCNC(=O)C1.Cl. The molecule has 1 aliphatic heterocycles. The maximum atomic E-state index is 11.1. The van der Waals surface area contributed by atoms with Gasteiger partial charge in [-0.1, -0.05) is 6.92 Å². The van der Waals surface area contributed by atoms with Crippen LogP contribution in [0.5, 0.6) is 0 Å². The highest BCUT2D eigenvalue weighted by Crippen LogP contribution is 2.05. The zero-order chi connectivity index (χ0) is 8.81. The Labute approximate surface area is 86.1 Å². The lowest BCUT2D eigenvalue weighted by Crippen LogP contribution is -2.32. The summed E-state index contributed by atoms with van der Waals surface area (Å²) in [5, 5.41) is 6.25. The van der Waals surface area contributed by atoms with Gasteiger partial charge in [0.2, 0.25) is 5.91 Å². The van der Waals surface area contributed by atoms with Gasteiger partial charge in [-0.25, -0.2) is 0 Å². The monoisotopic (exact) mass is 206 g/mol. The molecule has 0 radical (unpaired) electrons. The smallest absolute Gasteiger partial charge is 0.221 e. The van der Waals surface area contributed by atoms with Gasteiger partial charge in [0.05, 0.1) is 0 Å². The van der Waals surface area contributed by atoms with Gasteiger partial charge in [-0.2, -0.15) is 0 Å². The molecule has 0 spiro atoms. The largest absolute Gasteiger partial charge is 0.356 e. The van der Waals surface area contributed by atoms with E-state index in [0.717, 1.165) is 32.4 Å². The fourth-order valence-electron chi connectivity index (χ4n) is 1.50. The highest BCUT2D eigenvalue weighted by Gasteiger charge is 2.15. The standard InChI is InChI=1S/C9H18N2O.ClH/c1-2-5-10-8-4-3-6-11-9(12)7-8;/h8,10H,2-7H2,1H3,(H,11,12);1H. The van der Waals surface area contributed by atoms with Crippen LogP contribution in [-0.4, -0.2) is 25.0 Å². The fourth-order valence-corrected chi connectivity index (χ4v) is 1.50. The van der Waals surface area contributed by atoms with Gasteiger partial charge in [-0.15, -0.1) is 12.4 Å². The van der Waals surface area contributed by atoms with Crippen molar-refractivity contribution >= 4 is 18.3 Å². The van der Waals surface area contributed by atoms with Gasteiger partial charge >= 0.3 is 0 Å². The molecule has 0 aromatic heterocycles. The summed E-state index contributed by atoms with van der Waals surface area (Å²) in [4.78, 5) is 11.1. The van der Waals surface area contributed by atoms with Gasteiger partial charge in [0, 0.05) is 19.0 Å². The molecular weight excluding hydrogens is 188 g/mol. The molecule has 0 aromatic rings.